The van der Waals surface area contributed by atoms with Gasteiger partial charge in [0.25, 0.3) is 0 Å². The molecule has 0 N–H and O–H groups in total. The summed E-state index contributed by atoms with van der Waals surface area (Å²) in [7, 11) is 1.73. The maximum Gasteiger partial charge on any atom is 0.191 e. The Bertz CT molecular complexity index is 580. The molecule has 2 rings (SSSR count). The summed E-state index contributed by atoms with van der Waals surface area (Å²) in [4.78, 5) is 21.0. The molecule has 92 valence electrons. The number of hydrogen-bond acceptors (Lipinski definition) is 3. The third kappa shape index (κ3) is 1.92. The molecule has 0 saturated carbocycles. The van der Waals surface area contributed by atoms with Crippen LogP contribution >= 0.6 is 0 Å². The van der Waals surface area contributed by atoms with Crippen LogP contribution in [0.5, 0.6) is 0 Å². The van der Waals surface area contributed by atoms with Crippen molar-refractivity contribution in [3.8, 4) is 0 Å². The summed E-state index contributed by atoms with van der Waals surface area (Å²) < 4.78 is 0. The van der Waals surface area contributed by atoms with Gasteiger partial charge in [0, 0.05) is 30.0 Å². The van der Waals surface area contributed by atoms with E-state index in [-0.39, 0.29) is 5.78 Å². The fourth-order valence-corrected chi connectivity index (χ4v) is 2.07. The predicted molar refractivity (Wildman–Crippen MR) is 74.7 cm³/mol. The Morgan fingerprint density at radius 1 is 1.22 bits per heavy atom. The zero-order chi connectivity index (χ0) is 13.1. The van der Waals surface area contributed by atoms with E-state index in [1.54, 1.807) is 7.05 Å². The van der Waals surface area contributed by atoms with E-state index in [1.165, 1.54) is 0 Å². The molecule has 3 heteroatoms. The van der Waals surface area contributed by atoms with Crippen molar-refractivity contribution >= 4 is 17.7 Å². The van der Waals surface area contributed by atoms with Crippen LogP contribution in [0.3, 0.4) is 0 Å². The molecule has 18 heavy (non-hydrogen) atoms. The first-order valence-electron chi connectivity index (χ1n) is 6.05. The average Bonchev–Trinajstić information content (AvgIpc) is 2.41. The van der Waals surface area contributed by atoms with E-state index < -0.39 is 0 Å². The first kappa shape index (κ1) is 12.4. The molecule has 0 aromatic heterocycles. The lowest BCUT2D eigenvalue weighted by Gasteiger charge is -2.19. The van der Waals surface area contributed by atoms with Crippen LogP contribution < -0.4 is 0 Å². The van der Waals surface area contributed by atoms with Gasteiger partial charge in [-0.05, 0) is 13.3 Å². The van der Waals surface area contributed by atoms with Crippen LogP contribution in [0.25, 0.3) is 0 Å². The van der Waals surface area contributed by atoms with E-state index in [2.05, 4.69) is 9.98 Å². The summed E-state index contributed by atoms with van der Waals surface area (Å²) in [6.07, 6.45) is 2.65. The molecule has 1 aromatic rings. The maximum atomic E-state index is 12.3. The van der Waals surface area contributed by atoms with Crippen LogP contribution in [0.15, 0.2) is 45.5 Å². The van der Waals surface area contributed by atoms with Crippen molar-refractivity contribution in [2.24, 2.45) is 9.98 Å². The van der Waals surface area contributed by atoms with Gasteiger partial charge in [-0.15, -0.1) is 0 Å². The first-order valence-corrected chi connectivity index (χ1v) is 6.05. The highest BCUT2D eigenvalue weighted by Gasteiger charge is 2.27. The molecule has 0 atom stereocenters. The molecule has 0 spiro atoms. The molecule has 0 saturated heterocycles. The van der Waals surface area contributed by atoms with Crippen LogP contribution in [0.2, 0.25) is 0 Å². The second-order valence-electron chi connectivity index (χ2n) is 4.14. The number of allylic oxidation sites excluding steroid dienone is 2. The van der Waals surface area contributed by atoms with E-state index in [4.69, 9.17) is 0 Å². The monoisotopic (exact) mass is 240 g/mol. The normalized spacial score (nSPS) is 17.7. The molecule has 0 heterocycles. The number of carbonyl (C=O) groups excluding carboxylic acids is 1. The molecule has 1 aliphatic carbocycles. The second-order valence-corrected chi connectivity index (χ2v) is 4.14. The van der Waals surface area contributed by atoms with Gasteiger partial charge < -0.3 is 0 Å². The standard InChI is InChI=1S/C15H16N2O/c1-4-9-17-13-10(2)15(18)12-8-6-5-7-11(12)14(13)16-3/h5-9H,4H2,1-3H3/b16-14+,17-9-. The van der Waals surface area contributed by atoms with Crippen LogP contribution in [0, 0.1) is 0 Å². The average molecular weight is 240 g/mol. The molecule has 0 unspecified atom stereocenters. The van der Waals surface area contributed by atoms with E-state index in [0.29, 0.717) is 16.8 Å². The molecule has 1 aliphatic rings. The number of carbonyl (C=O) groups is 1. The van der Waals surface area contributed by atoms with Crippen LogP contribution in [0.4, 0.5) is 0 Å². The summed E-state index contributed by atoms with van der Waals surface area (Å²) in [6.45, 7) is 3.83. The van der Waals surface area contributed by atoms with Gasteiger partial charge >= 0.3 is 0 Å². The Morgan fingerprint density at radius 2 is 1.89 bits per heavy atom. The quantitative estimate of drug-likeness (QED) is 0.732. The van der Waals surface area contributed by atoms with Crippen molar-refractivity contribution in [2.75, 3.05) is 7.05 Å². The molecule has 0 bridgehead atoms. The highest BCUT2D eigenvalue weighted by Crippen LogP contribution is 2.27. The minimum Gasteiger partial charge on any atom is -0.289 e. The van der Waals surface area contributed by atoms with Gasteiger partial charge in [-0.1, -0.05) is 31.2 Å². The van der Waals surface area contributed by atoms with E-state index in [0.717, 1.165) is 17.7 Å². The summed E-state index contributed by atoms with van der Waals surface area (Å²) in [5, 5.41) is 0. The Kier molecular flexibility index (Phi) is 3.51. The number of hydrogen-bond donors (Lipinski definition) is 0. The third-order valence-corrected chi connectivity index (χ3v) is 2.97. The highest BCUT2D eigenvalue weighted by molar-refractivity contribution is 6.28. The zero-order valence-electron chi connectivity index (χ0n) is 10.9. The van der Waals surface area contributed by atoms with Gasteiger partial charge in [0.1, 0.15) is 0 Å². The molecular weight excluding hydrogens is 224 g/mol. The fourth-order valence-electron chi connectivity index (χ4n) is 2.07. The van der Waals surface area contributed by atoms with Gasteiger partial charge in [-0.2, -0.15) is 0 Å². The molecule has 0 fully saturated rings. The van der Waals surface area contributed by atoms with Gasteiger partial charge in [0.15, 0.2) is 5.78 Å². The summed E-state index contributed by atoms with van der Waals surface area (Å²) >= 11 is 0. The molecule has 0 aliphatic heterocycles. The van der Waals surface area contributed by atoms with Crippen LogP contribution in [0.1, 0.15) is 36.2 Å². The lowest BCUT2D eigenvalue weighted by Crippen LogP contribution is -2.20. The van der Waals surface area contributed by atoms with E-state index in [1.807, 2.05) is 44.3 Å². The number of rotatable bonds is 2. The summed E-state index contributed by atoms with van der Waals surface area (Å²) in [5.41, 5.74) is 3.75. The number of nitrogens with zero attached hydrogens (tertiary/aromatic N) is 2. The number of aliphatic imine (C=N–C) groups is 2. The Morgan fingerprint density at radius 3 is 2.50 bits per heavy atom. The van der Waals surface area contributed by atoms with Gasteiger partial charge in [-0.3, -0.25) is 14.8 Å². The topological polar surface area (TPSA) is 41.8 Å². The lowest BCUT2D eigenvalue weighted by molar-refractivity contribution is 0.103. The van der Waals surface area contributed by atoms with Crippen molar-refractivity contribution in [1.82, 2.24) is 0 Å². The van der Waals surface area contributed by atoms with Crippen molar-refractivity contribution in [1.29, 1.82) is 0 Å². The molecule has 1 aromatic carbocycles. The van der Waals surface area contributed by atoms with Crippen molar-refractivity contribution in [3.05, 3.63) is 46.7 Å². The minimum atomic E-state index is 0.0428. The lowest BCUT2D eigenvalue weighted by atomic mass is 9.87. The van der Waals surface area contributed by atoms with Gasteiger partial charge in [0.2, 0.25) is 0 Å². The predicted octanol–water partition coefficient (Wildman–Crippen LogP) is 3.06. The smallest absolute Gasteiger partial charge is 0.191 e. The molecular formula is C15H16N2O. The van der Waals surface area contributed by atoms with Crippen LogP contribution in [-0.2, 0) is 0 Å². The number of fused-ring (bicyclic) bond motifs is 1. The van der Waals surface area contributed by atoms with Crippen LogP contribution in [-0.4, -0.2) is 24.8 Å². The fraction of sp³-hybridized carbons (Fsp3) is 0.267. The SMILES string of the molecule is CC/C=N\C1=C(C)C(=O)c2ccccc2/C1=N\C. The third-order valence-electron chi connectivity index (χ3n) is 2.97. The van der Waals surface area contributed by atoms with E-state index in [9.17, 15) is 4.79 Å². The summed E-state index contributed by atoms with van der Waals surface area (Å²) in [6, 6.07) is 7.55. The Hall–Kier alpha value is -2.03. The van der Waals surface area contributed by atoms with Crippen molar-refractivity contribution in [2.45, 2.75) is 20.3 Å². The van der Waals surface area contributed by atoms with E-state index >= 15 is 0 Å². The largest absolute Gasteiger partial charge is 0.289 e. The van der Waals surface area contributed by atoms with Gasteiger partial charge in [-0.25, -0.2) is 0 Å². The molecule has 0 radical (unpaired) electrons. The first-order chi connectivity index (χ1) is 8.70. The number of benzene rings is 1. The Labute approximate surface area is 107 Å². The summed E-state index contributed by atoms with van der Waals surface area (Å²) in [5.74, 6) is 0.0428. The van der Waals surface area contributed by atoms with Crippen molar-refractivity contribution in [3.63, 3.8) is 0 Å². The Balaban J connectivity index is 2.65. The second kappa shape index (κ2) is 5.08. The van der Waals surface area contributed by atoms with Gasteiger partial charge in [0.05, 0.1) is 11.4 Å². The molecule has 3 nitrogen and oxygen atoms in total. The van der Waals surface area contributed by atoms with Crippen molar-refractivity contribution < 1.29 is 4.79 Å². The maximum absolute atomic E-state index is 12.3. The number of ketones is 1. The molecule has 0 amide bonds. The zero-order valence-corrected chi connectivity index (χ0v) is 10.9. The number of Topliss-reactive ketones (excluding diaryl/α,β-unsaturated/α-hetero) is 1. The minimum absolute atomic E-state index is 0.0428. The highest BCUT2D eigenvalue weighted by atomic mass is 16.1.